The first-order chi connectivity index (χ1) is 62.5. The third kappa shape index (κ3) is 20.0. The Morgan fingerprint density at radius 2 is 0.674 bits per heavy atom. The number of amides is 3. The minimum atomic E-state index is -1.02. The first-order valence-electron chi connectivity index (χ1n) is 43.8. The minimum Gasteiger partial charge on any atom is -0.462 e. The lowest BCUT2D eigenvalue weighted by Crippen LogP contribution is -2.57. The Morgan fingerprint density at radius 3 is 0.922 bits per heavy atom. The summed E-state index contributed by atoms with van der Waals surface area (Å²) in [4.78, 5) is 94.4. The van der Waals surface area contributed by atoms with Gasteiger partial charge < -0.3 is 87.1 Å². The molecule has 672 valence electrons. The zero-order valence-corrected chi connectivity index (χ0v) is 74.7. The molecule has 27 nitrogen and oxygen atoms in total. The molecule has 129 heavy (non-hydrogen) atoms. The van der Waals surface area contributed by atoms with E-state index in [-0.39, 0.29) is 77.4 Å². The molecule has 0 N–H and O–H groups in total. The highest BCUT2D eigenvalue weighted by molar-refractivity contribution is 6.36. The molecule has 0 bridgehead atoms. The number of anilines is 3. The maximum absolute atomic E-state index is 13.8. The Kier molecular flexibility index (Phi) is 28.8. The van der Waals surface area contributed by atoms with Gasteiger partial charge in [-0.05, 0) is 130 Å². The van der Waals surface area contributed by atoms with Crippen molar-refractivity contribution >= 4 is 102 Å². The van der Waals surface area contributed by atoms with E-state index in [1.165, 1.54) is 14.7 Å². The molecule has 0 radical (unpaired) electrons. The first kappa shape index (κ1) is 91.0. The highest BCUT2D eigenvalue weighted by Crippen LogP contribution is 2.45. The molecule has 0 saturated carbocycles. The van der Waals surface area contributed by atoms with Crippen molar-refractivity contribution in [1.82, 2.24) is 59.3 Å². The Hall–Kier alpha value is -11.3. The Morgan fingerprint density at radius 1 is 0.403 bits per heavy atom. The van der Waals surface area contributed by atoms with Gasteiger partial charge in [-0.25, -0.2) is 32.9 Å². The Labute approximate surface area is 763 Å². The number of fused-ring (bicyclic) bond motifs is 6. The lowest BCUT2D eigenvalue weighted by Gasteiger charge is -2.40. The number of benzene rings is 6. The number of likely N-dealkylation sites (N-methyl/N-ethyl adjacent to an activating group) is 3. The average molecular weight is 1820 g/mol. The maximum atomic E-state index is 13.8. The van der Waals surface area contributed by atoms with Crippen LogP contribution in [0.2, 0.25) is 15.1 Å². The standard InChI is InChI=1S/3C32H34ClFN6O3/c3*1-20(34)31(41)40-14-13-39(17-23(40)16-35-2)30-25-19-42-28(24-10-4-7-21-8-5-11-26(33)29(21)24)15-27(25)36-32(37-30)43-18-22-9-6-12-38(22)3/h3*4-5,7-8,10-11,22-23,28H,1,6,9,12-19H2,3H3/t22-,23-,28?;22-,23-,28+;22-,23-,28-/m000/s1. The summed E-state index contributed by atoms with van der Waals surface area (Å²) in [5.74, 6) is -3.41. The summed E-state index contributed by atoms with van der Waals surface area (Å²) in [5, 5.41) is 8.04. The predicted molar refractivity (Wildman–Crippen MR) is 488 cm³/mol. The predicted octanol–water partition coefficient (Wildman–Crippen LogP) is 15.0. The molecule has 9 aliphatic heterocycles. The van der Waals surface area contributed by atoms with Crippen molar-refractivity contribution in [2.45, 2.75) is 132 Å². The number of carbonyl (C=O) groups is 3. The Bertz CT molecular complexity index is 5330. The number of hydrogen-bond acceptors (Lipinski definition) is 21. The second-order valence-corrected chi connectivity index (χ2v) is 35.3. The summed E-state index contributed by atoms with van der Waals surface area (Å²) in [6.07, 6.45) is 7.24. The fraction of sp³-hybridized carbons (Fsp3) is 0.438. The zero-order chi connectivity index (χ0) is 90.3. The number of likely N-dealkylation sites (tertiary alicyclic amines) is 3. The van der Waals surface area contributed by atoms with E-state index in [9.17, 15) is 27.6 Å². The molecule has 0 aliphatic carbocycles. The van der Waals surface area contributed by atoms with Crippen molar-refractivity contribution < 1.29 is 56.0 Å². The second-order valence-electron chi connectivity index (χ2n) is 34.1. The lowest BCUT2D eigenvalue weighted by atomic mass is 9.94. The zero-order valence-electron chi connectivity index (χ0n) is 72.4. The van der Waals surface area contributed by atoms with Crippen LogP contribution in [0.25, 0.3) is 46.9 Å². The third-order valence-electron chi connectivity index (χ3n) is 26.2. The SMILES string of the molecule is [C-]#[N+]C[C@H]1CN(c2nc(OC[C@@H]3CCCN3C)nc3c2COC(c2cccc4cccc(Cl)c24)C3)CCN1C(=O)C(=C)F.[C-]#[N+]C[C@H]1CN(c2nc(OC[C@@H]3CCCN3C)nc3c2CO[C@@H](c2cccc4cccc(Cl)c24)C3)CCN1C(=O)C(=C)F.[C-]#[N+]C[C@H]1CN(c2nc(OC[C@@H]3CCCN3C)nc3c2CO[C@H](c2cccc4cccc(Cl)c24)C3)CCN1C(=O)C(=C)F. The van der Waals surface area contributed by atoms with Crippen molar-refractivity contribution in [1.29, 1.82) is 0 Å². The lowest BCUT2D eigenvalue weighted by molar-refractivity contribution is -0.131. The van der Waals surface area contributed by atoms with Crippen molar-refractivity contribution in [3.05, 3.63) is 246 Å². The van der Waals surface area contributed by atoms with Crippen molar-refractivity contribution in [3.63, 3.8) is 0 Å². The van der Waals surface area contributed by atoms with Crippen LogP contribution in [0.4, 0.5) is 30.6 Å². The van der Waals surface area contributed by atoms with Crippen LogP contribution < -0.4 is 28.9 Å². The molecule has 9 aromatic rings. The molecule has 3 aromatic heterocycles. The van der Waals surface area contributed by atoms with Crippen LogP contribution in [-0.2, 0) is 67.7 Å². The molecule has 6 fully saturated rings. The van der Waals surface area contributed by atoms with Crippen LogP contribution >= 0.6 is 34.8 Å². The highest BCUT2D eigenvalue weighted by Gasteiger charge is 2.43. The molecule has 1 unspecified atom stereocenters. The van der Waals surface area contributed by atoms with E-state index >= 15 is 0 Å². The van der Waals surface area contributed by atoms with E-state index in [4.69, 9.17) is 113 Å². The monoisotopic (exact) mass is 1810 g/mol. The third-order valence-corrected chi connectivity index (χ3v) is 27.2. The van der Waals surface area contributed by atoms with Crippen LogP contribution in [0.1, 0.15) is 107 Å². The number of halogens is 6. The van der Waals surface area contributed by atoms with E-state index < -0.39 is 53.3 Å². The van der Waals surface area contributed by atoms with Crippen molar-refractivity contribution in [3.8, 4) is 18.0 Å². The van der Waals surface area contributed by atoms with Crippen LogP contribution in [-0.4, -0.2) is 252 Å². The fourth-order valence-corrected chi connectivity index (χ4v) is 20.2. The first-order valence-corrected chi connectivity index (χ1v) is 44.9. The van der Waals surface area contributed by atoms with E-state index in [0.717, 1.165) is 141 Å². The maximum Gasteiger partial charge on any atom is 0.318 e. The molecule has 6 saturated heterocycles. The molecule has 18 rings (SSSR count). The molecule has 9 atom stereocenters. The van der Waals surface area contributed by atoms with E-state index in [1.54, 1.807) is 0 Å². The van der Waals surface area contributed by atoms with Crippen LogP contribution in [0, 0.1) is 19.7 Å². The highest BCUT2D eigenvalue weighted by atomic mass is 35.5. The summed E-state index contributed by atoms with van der Waals surface area (Å²) < 4.78 is 79.4. The summed E-state index contributed by atoms with van der Waals surface area (Å²) in [7, 11) is 6.30. The van der Waals surface area contributed by atoms with Gasteiger partial charge in [-0.3, -0.25) is 14.4 Å². The summed E-state index contributed by atoms with van der Waals surface area (Å²) in [5.41, 5.74) is 8.05. The van der Waals surface area contributed by atoms with Gasteiger partial charge in [-0.15, -0.1) is 0 Å². The molecule has 33 heteroatoms. The minimum absolute atomic E-state index is 0.0422. The number of nitrogens with zero attached hydrogens (tertiary/aromatic N) is 18. The summed E-state index contributed by atoms with van der Waals surface area (Å²) in [6.45, 7) is 40.2. The molecular formula is C96H102Cl3F3N18O9. The normalized spacial score (nSPS) is 22.3. The molecular weight excluding hydrogens is 1710 g/mol. The van der Waals surface area contributed by atoms with Crippen molar-refractivity contribution in [2.75, 3.05) is 154 Å². The van der Waals surface area contributed by atoms with Crippen molar-refractivity contribution in [2.24, 2.45) is 0 Å². The second kappa shape index (κ2) is 40.8. The molecule has 6 aromatic carbocycles. The molecule has 9 aliphatic rings. The van der Waals surface area contributed by atoms with E-state index in [0.29, 0.717) is 147 Å². The van der Waals surface area contributed by atoms with Gasteiger partial charge in [0.2, 0.25) is 19.6 Å². The largest absolute Gasteiger partial charge is 0.462 e. The number of hydrogen-bond donors (Lipinski definition) is 0. The van der Waals surface area contributed by atoms with Gasteiger partial charge in [0.25, 0.3) is 17.7 Å². The van der Waals surface area contributed by atoms with Gasteiger partial charge in [0.05, 0.1) is 55.2 Å². The quantitative estimate of drug-likeness (QED) is 0.0481. The van der Waals surface area contributed by atoms with E-state index in [2.05, 4.69) is 70.1 Å². The van der Waals surface area contributed by atoms with E-state index in [1.807, 2.05) is 124 Å². The van der Waals surface area contributed by atoms with Gasteiger partial charge >= 0.3 is 18.0 Å². The molecule has 12 heterocycles. The number of carbonyl (C=O) groups excluding carboxylic acids is 3. The average Bonchev–Trinajstić information content (AvgIpc) is 0.905. The van der Waals surface area contributed by atoms with Gasteiger partial charge in [0.1, 0.15) is 55.4 Å². The summed E-state index contributed by atoms with van der Waals surface area (Å²) in [6, 6.07) is 36.1. The van der Waals surface area contributed by atoms with Crippen LogP contribution in [0.5, 0.6) is 18.0 Å². The van der Waals surface area contributed by atoms with Crippen LogP contribution in [0.15, 0.2) is 146 Å². The van der Waals surface area contributed by atoms with Gasteiger partial charge in [0, 0.05) is 144 Å². The smallest absolute Gasteiger partial charge is 0.318 e. The van der Waals surface area contributed by atoms with Gasteiger partial charge in [-0.1, -0.05) is 146 Å². The Balaban J connectivity index is 0.000000142. The fourth-order valence-electron chi connectivity index (χ4n) is 19.3. The van der Waals surface area contributed by atoms with Gasteiger partial charge in [-0.2, -0.15) is 29.9 Å². The molecule has 0 spiro atoms. The van der Waals surface area contributed by atoms with Crippen LogP contribution in [0.3, 0.4) is 0 Å². The number of ether oxygens (including phenoxy) is 6. The summed E-state index contributed by atoms with van der Waals surface area (Å²) >= 11 is 20.0. The topological polar surface area (TPSA) is 226 Å². The molecule has 3 amide bonds. The number of rotatable bonds is 21. The van der Waals surface area contributed by atoms with Gasteiger partial charge in [0.15, 0.2) is 17.5 Å². The number of aromatic nitrogens is 6. The number of piperazine rings is 3.